The third kappa shape index (κ3) is 3.39. The molecule has 3 saturated heterocycles. The van der Waals surface area contributed by atoms with Crippen LogP contribution in [0.4, 0.5) is 10.1 Å². The number of hydrogen-bond donors (Lipinski definition) is 1. The summed E-state index contributed by atoms with van der Waals surface area (Å²) >= 11 is 0. The van der Waals surface area contributed by atoms with Crippen LogP contribution in [0.25, 0.3) is 0 Å². The van der Waals surface area contributed by atoms with Gasteiger partial charge in [0.05, 0.1) is 11.6 Å². The molecule has 170 valence electrons. The normalized spacial score (nSPS) is 22.2. The van der Waals surface area contributed by atoms with Crippen LogP contribution in [0.2, 0.25) is 0 Å². The maximum atomic E-state index is 13.6. The lowest BCUT2D eigenvalue weighted by atomic mass is 9.84. The fraction of sp³-hybridized carbons (Fsp3) is 0.435. The fourth-order valence-corrected chi connectivity index (χ4v) is 6.88. The minimum atomic E-state index is -3.71. The molecule has 3 aliphatic heterocycles. The van der Waals surface area contributed by atoms with E-state index in [9.17, 15) is 17.6 Å². The lowest BCUT2D eigenvalue weighted by Gasteiger charge is -2.50. The number of amides is 1. The van der Waals surface area contributed by atoms with Gasteiger partial charge in [-0.25, -0.2) is 12.8 Å². The quantitative estimate of drug-likeness (QED) is 0.758. The van der Waals surface area contributed by atoms with Crippen molar-refractivity contribution in [3.05, 3.63) is 59.9 Å². The summed E-state index contributed by atoms with van der Waals surface area (Å²) in [6, 6.07) is 13.9. The van der Waals surface area contributed by atoms with Crippen LogP contribution in [0.1, 0.15) is 18.4 Å². The summed E-state index contributed by atoms with van der Waals surface area (Å²) in [4.78, 5) is 17.3. The third-order valence-corrected chi connectivity index (χ3v) is 9.12. The van der Waals surface area contributed by atoms with Crippen LogP contribution in [0.5, 0.6) is 0 Å². The maximum absolute atomic E-state index is 13.6. The number of carbonyl (C=O) groups excluding carboxylic acids is 1. The molecule has 3 fully saturated rings. The van der Waals surface area contributed by atoms with Crippen molar-refractivity contribution >= 4 is 21.6 Å². The van der Waals surface area contributed by atoms with Crippen LogP contribution in [-0.4, -0.2) is 68.0 Å². The molecule has 9 heteroatoms. The summed E-state index contributed by atoms with van der Waals surface area (Å²) in [5.41, 5.74) is 1.03. The second-order valence-corrected chi connectivity index (χ2v) is 10.8. The number of para-hydroxylation sites is 1. The average Bonchev–Trinajstić information content (AvgIpc) is 3.06. The highest BCUT2D eigenvalue weighted by atomic mass is 32.2. The number of rotatable bonds is 4. The highest BCUT2D eigenvalue weighted by Gasteiger charge is 2.52. The van der Waals surface area contributed by atoms with Crippen molar-refractivity contribution in [2.75, 3.05) is 37.7 Å². The summed E-state index contributed by atoms with van der Waals surface area (Å²) in [5, 5.41) is 3.01. The highest BCUT2D eigenvalue weighted by molar-refractivity contribution is 7.89. The van der Waals surface area contributed by atoms with Crippen molar-refractivity contribution < 1.29 is 17.6 Å². The SMILES string of the molecule is Cc1ccc(F)cc1S(=O)(=O)N1CC(N2CCC3(CC2)C(=O)NCN3c2ccccc2)C1. The van der Waals surface area contributed by atoms with Crippen LogP contribution in [0.15, 0.2) is 53.4 Å². The zero-order chi connectivity index (χ0) is 22.5. The number of anilines is 1. The first-order chi connectivity index (χ1) is 15.3. The number of nitrogens with one attached hydrogen (secondary N) is 1. The molecular weight excluding hydrogens is 431 g/mol. The van der Waals surface area contributed by atoms with Gasteiger partial charge in [0.25, 0.3) is 0 Å². The van der Waals surface area contributed by atoms with Gasteiger partial charge in [0.1, 0.15) is 11.4 Å². The lowest BCUT2D eigenvalue weighted by Crippen LogP contribution is -2.65. The van der Waals surface area contributed by atoms with Crippen LogP contribution < -0.4 is 10.2 Å². The predicted molar refractivity (Wildman–Crippen MR) is 119 cm³/mol. The summed E-state index contributed by atoms with van der Waals surface area (Å²) < 4.78 is 40.9. The van der Waals surface area contributed by atoms with Crippen LogP contribution in [0.3, 0.4) is 0 Å². The van der Waals surface area contributed by atoms with E-state index in [0.29, 0.717) is 38.2 Å². The van der Waals surface area contributed by atoms with Crippen molar-refractivity contribution in [1.82, 2.24) is 14.5 Å². The van der Waals surface area contributed by atoms with E-state index in [2.05, 4.69) is 15.1 Å². The summed E-state index contributed by atoms with van der Waals surface area (Å²) in [6.45, 7) is 4.42. The monoisotopic (exact) mass is 458 g/mol. The molecule has 1 N–H and O–H groups in total. The molecule has 2 aromatic carbocycles. The van der Waals surface area contributed by atoms with Gasteiger partial charge < -0.3 is 10.2 Å². The number of aryl methyl sites for hydroxylation is 1. The van der Waals surface area contributed by atoms with Crippen LogP contribution in [-0.2, 0) is 14.8 Å². The van der Waals surface area contributed by atoms with E-state index in [1.807, 2.05) is 30.3 Å². The summed E-state index contributed by atoms with van der Waals surface area (Å²) in [5.74, 6) is -0.481. The first-order valence-corrected chi connectivity index (χ1v) is 12.4. The Balaban J connectivity index is 1.24. The molecule has 32 heavy (non-hydrogen) atoms. The number of nitrogens with zero attached hydrogens (tertiary/aromatic N) is 3. The van der Waals surface area contributed by atoms with Gasteiger partial charge in [-0.3, -0.25) is 9.69 Å². The average molecular weight is 459 g/mol. The molecule has 0 aromatic heterocycles. The number of piperidine rings is 1. The van der Waals surface area contributed by atoms with E-state index < -0.39 is 21.4 Å². The highest BCUT2D eigenvalue weighted by Crippen LogP contribution is 2.37. The van der Waals surface area contributed by atoms with Gasteiger partial charge in [0.15, 0.2) is 0 Å². The molecule has 7 nitrogen and oxygen atoms in total. The first-order valence-electron chi connectivity index (χ1n) is 10.9. The van der Waals surface area contributed by atoms with E-state index >= 15 is 0 Å². The van der Waals surface area contributed by atoms with E-state index in [-0.39, 0.29) is 16.8 Å². The molecule has 3 heterocycles. The first kappa shape index (κ1) is 21.4. The molecule has 0 radical (unpaired) electrons. The van der Waals surface area contributed by atoms with E-state index in [1.165, 1.54) is 16.4 Å². The number of benzene rings is 2. The third-order valence-electron chi connectivity index (χ3n) is 7.14. The minimum Gasteiger partial charge on any atom is -0.339 e. The topological polar surface area (TPSA) is 73.0 Å². The zero-order valence-electron chi connectivity index (χ0n) is 18.0. The molecule has 1 amide bonds. The van der Waals surface area contributed by atoms with Gasteiger partial charge in [0.2, 0.25) is 15.9 Å². The molecule has 5 rings (SSSR count). The van der Waals surface area contributed by atoms with Gasteiger partial charge in [0, 0.05) is 37.9 Å². The van der Waals surface area contributed by atoms with Gasteiger partial charge in [-0.15, -0.1) is 0 Å². The summed E-state index contributed by atoms with van der Waals surface area (Å²) in [7, 11) is -3.71. The Morgan fingerprint density at radius 2 is 1.75 bits per heavy atom. The smallest absolute Gasteiger partial charge is 0.247 e. The summed E-state index contributed by atoms with van der Waals surface area (Å²) in [6.07, 6.45) is 1.39. The number of carbonyl (C=O) groups is 1. The van der Waals surface area contributed by atoms with Crippen molar-refractivity contribution in [3.63, 3.8) is 0 Å². The molecule has 0 aliphatic carbocycles. The van der Waals surface area contributed by atoms with E-state index in [0.717, 1.165) is 24.8 Å². The number of likely N-dealkylation sites (tertiary alicyclic amines) is 1. The molecule has 2 aromatic rings. The lowest BCUT2D eigenvalue weighted by molar-refractivity contribution is -0.125. The predicted octanol–water partition coefficient (Wildman–Crippen LogP) is 1.94. The molecular formula is C23H27FN4O3S. The molecule has 0 saturated carbocycles. The van der Waals surface area contributed by atoms with Crippen molar-refractivity contribution in [2.45, 2.75) is 36.2 Å². The minimum absolute atomic E-state index is 0.0367. The Morgan fingerprint density at radius 1 is 1.06 bits per heavy atom. The number of sulfonamides is 1. The second kappa shape index (κ2) is 7.83. The largest absolute Gasteiger partial charge is 0.339 e. The van der Waals surface area contributed by atoms with Crippen molar-refractivity contribution in [3.8, 4) is 0 Å². The van der Waals surface area contributed by atoms with Gasteiger partial charge in [-0.1, -0.05) is 24.3 Å². The standard InChI is InChI=1S/C23H27FN4O3S/c1-17-7-8-18(24)13-21(17)32(30,31)27-14-20(15-27)26-11-9-23(10-12-26)22(29)25-16-28(23)19-5-3-2-4-6-19/h2-8,13,20H,9-12,14-16H2,1H3,(H,25,29). The number of hydrogen-bond acceptors (Lipinski definition) is 5. The molecule has 0 atom stereocenters. The Morgan fingerprint density at radius 3 is 2.44 bits per heavy atom. The molecule has 0 bridgehead atoms. The maximum Gasteiger partial charge on any atom is 0.247 e. The Bertz CT molecular complexity index is 1130. The fourth-order valence-electron chi connectivity index (χ4n) is 5.13. The van der Waals surface area contributed by atoms with Crippen LogP contribution >= 0.6 is 0 Å². The van der Waals surface area contributed by atoms with Crippen molar-refractivity contribution in [1.29, 1.82) is 0 Å². The van der Waals surface area contributed by atoms with E-state index in [4.69, 9.17) is 0 Å². The molecule has 3 aliphatic rings. The molecule has 1 spiro atoms. The van der Waals surface area contributed by atoms with Crippen LogP contribution in [0, 0.1) is 12.7 Å². The molecule has 0 unspecified atom stereocenters. The second-order valence-electron chi connectivity index (χ2n) is 8.88. The van der Waals surface area contributed by atoms with E-state index in [1.54, 1.807) is 6.92 Å². The van der Waals surface area contributed by atoms with Crippen molar-refractivity contribution in [2.24, 2.45) is 0 Å². The zero-order valence-corrected chi connectivity index (χ0v) is 18.8. The van der Waals surface area contributed by atoms with Gasteiger partial charge in [-0.05, 0) is 49.6 Å². The Kier molecular flexibility index (Phi) is 5.22. The Labute approximate surface area is 187 Å². The van der Waals surface area contributed by atoms with Gasteiger partial charge in [-0.2, -0.15) is 4.31 Å². The Hall–Kier alpha value is -2.49. The number of halogens is 1. The van der Waals surface area contributed by atoms with Gasteiger partial charge >= 0.3 is 0 Å².